The Kier molecular flexibility index (Phi) is 6.70. The van der Waals surface area contributed by atoms with Crippen LogP contribution in [0.4, 0.5) is 0 Å². The second-order valence-corrected chi connectivity index (χ2v) is 2.72. The van der Waals surface area contributed by atoms with Crippen molar-refractivity contribution in [3.05, 3.63) is 0 Å². The number of aliphatic hydroxyl groups excluding tert-OH is 1. The molecule has 4 N–H and O–H groups in total. The molecule has 0 saturated carbocycles. The molecule has 1 amide bonds. The van der Waals surface area contributed by atoms with E-state index in [0.717, 1.165) is 6.42 Å². The lowest BCUT2D eigenvalue weighted by atomic mass is 10.1. The maximum Gasteiger partial charge on any atom is 0.221 e. The lowest BCUT2D eigenvalue weighted by Gasteiger charge is -2.14. The van der Waals surface area contributed by atoms with Crippen LogP contribution < -0.4 is 11.1 Å². The summed E-state index contributed by atoms with van der Waals surface area (Å²) in [6.07, 6.45) is 1.83. The molecule has 0 heterocycles. The number of nitrogens with one attached hydrogen (secondary N) is 1. The van der Waals surface area contributed by atoms with Crippen LogP contribution in [0.3, 0.4) is 0 Å². The summed E-state index contributed by atoms with van der Waals surface area (Å²) >= 11 is 0. The van der Waals surface area contributed by atoms with Crippen LogP contribution in [0.5, 0.6) is 0 Å². The van der Waals surface area contributed by atoms with Gasteiger partial charge in [-0.2, -0.15) is 0 Å². The highest BCUT2D eigenvalue weighted by Crippen LogP contribution is 1.96. The highest BCUT2D eigenvalue weighted by molar-refractivity contribution is 5.76. The van der Waals surface area contributed by atoms with E-state index in [4.69, 9.17) is 10.8 Å². The fraction of sp³-hybridized carbons (Fsp3) is 0.875. The Morgan fingerprint density at radius 3 is 2.75 bits per heavy atom. The minimum absolute atomic E-state index is 0.0298. The zero-order valence-electron chi connectivity index (χ0n) is 7.55. The first-order valence-corrected chi connectivity index (χ1v) is 4.34. The van der Waals surface area contributed by atoms with Gasteiger partial charge in [-0.3, -0.25) is 4.79 Å². The molecule has 12 heavy (non-hydrogen) atoms. The molecule has 4 nitrogen and oxygen atoms in total. The molecular weight excluding hydrogens is 156 g/mol. The van der Waals surface area contributed by atoms with E-state index >= 15 is 0 Å². The molecule has 72 valence electrons. The summed E-state index contributed by atoms with van der Waals surface area (Å²) in [5, 5.41) is 11.4. The van der Waals surface area contributed by atoms with Gasteiger partial charge < -0.3 is 16.2 Å². The molecule has 0 aromatic heterocycles. The minimum Gasteiger partial charge on any atom is -0.396 e. The van der Waals surface area contributed by atoms with E-state index in [0.29, 0.717) is 19.4 Å². The Bertz CT molecular complexity index is 128. The summed E-state index contributed by atoms with van der Waals surface area (Å²) in [5.41, 5.74) is 5.21. The summed E-state index contributed by atoms with van der Waals surface area (Å²) in [5.74, 6) is -0.0298. The first kappa shape index (κ1) is 11.4. The van der Waals surface area contributed by atoms with Crippen LogP contribution in [0.2, 0.25) is 0 Å². The van der Waals surface area contributed by atoms with E-state index in [1.54, 1.807) is 0 Å². The number of nitrogens with two attached hydrogens (primary N) is 1. The van der Waals surface area contributed by atoms with Crippen molar-refractivity contribution in [2.45, 2.75) is 32.2 Å². The highest BCUT2D eigenvalue weighted by Gasteiger charge is 2.07. The van der Waals surface area contributed by atoms with Crippen LogP contribution in [-0.4, -0.2) is 30.2 Å². The molecule has 0 aliphatic rings. The molecule has 0 radical (unpaired) electrons. The van der Waals surface area contributed by atoms with Crippen LogP contribution >= 0.6 is 0 Å². The predicted molar refractivity (Wildman–Crippen MR) is 47.6 cm³/mol. The lowest BCUT2D eigenvalue weighted by molar-refractivity contribution is -0.121. The second-order valence-electron chi connectivity index (χ2n) is 2.72. The van der Waals surface area contributed by atoms with Crippen molar-refractivity contribution < 1.29 is 9.90 Å². The quantitative estimate of drug-likeness (QED) is 0.513. The lowest BCUT2D eigenvalue weighted by Crippen LogP contribution is -2.35. The topological polar surface area (TPSA) is 75.3 Å². The first-order valence-electron chi connectivity index (χ1n) is 4.34. The third kappa shape index (κ3) is 5.09. The summed E-state index contributed by atoms with van der Waals surface area (Å²) < 4.78 is 0. The van der Waals surface area contributed by atoms with Crippen molar-refractivity contribution in [1.29, 1.82) is 0 Å². The van der Waals surface area contributed by atoms with Crippen molar-refractivity contribution in [3.8, 4) is 0 Å². The number of rotatable bonds is 6. The summed E-state index contributed by atoms with van der Waals surface area (Å²) in [6, 6.07) is 0.0917. The average Bonchev–Trinajstić information content (AvgIpc) is 2.04. The Balaban J connectivity index is 3.61. The number of hydrogen-bond donors (Lipinski definition) is 3. The van der Waals surface area contributed by atoms with Gasteiger partial charge in [0, 0.05) is 25.6 Å². The number of aliphatic hydroxyl groups is 1. The fourth-order valence-electron chi connectivity index (χ4n) is 0.965. The van der Waals surface area contributed by atoms with Crippen molar-refractivity contribution >= 4 is 5.91 Å². The Labute approximate surface area is 73.1 Å². The zero-order chi connectivity index (χ0) is 9.40. The SMILES string of the molecule is CCC(CCO)NC(=O)CCN. The molecule has 0 spiro atoms. The van der Waals surface area contributed by atoms with E-state index in [1.807, 2.05) is 6.92 Å². The molecule has 0 bridgehead atoms. The van der Waals surface area contributed by atoms with Crippen molar-refractivity contribution in [3.63, 3.8) is 0 Å². The average molecular weight is 174 g/mol. The molecule has 1 atom stereocenters. The van der Waals surface area contributed by atoms with Gasteiger partial charge in [0.2, 0.25) is 5.91 Å². The molecule has 0 aliphatic carbocycles. The number of carbonyl (C=O) groups excluding carboxylic acids is 1. The summed E-state index contributed by atoms with van der Waals surface area (Å²) in [4.78, 5) is 11.0. The van der Waals surface area contributed by atoms with Gasteiger partial charge in [-0.05, 0) is 12.8 Å². The predicted octanol–water partition coefficient (Wildman–Crippen LogP) is -0.388. The second kappa shape index (κ2) is 7.06. The van der Waals surface area contributed by atoms with Gasteiger partial charge in [0.15, 0.2) is 0 Å². The molecule has 0 aromatic carbocycles. The standard InChI is InChI=1S/C8H18N2O2/c1-2-7(4-6-11)10-8(12)3-5-9/h7,11H,2-6,9H2,1H3,(H,10,12). The van der Waals surface area contributed by atoms with Gasteiger partial charge in [-0.1, -0.05) is 6.92 Å². The van der Waals surface area contributed by atoms with Crippen LogP contribution in [0.1, 0.15) is 26.2 Å². The van der Waals surface area contributed by atoms with Crippen LogP contribution in [0, 0.1) is 0 Å². The van der Waals surface area contributed by atoms with Gasteiger partial charge in [0.1, 0.15) is 0 Å². The molecule has 0 rings (SSSR count). The largest absolute Gasteiger partial charge is 0.396 e. The molecule has 4 heteroatoms. The number of hydrogen-bond acceptors (Lipinski definition) is 3. The van der Waals surface area contributed by atoms with Crippen molar-refractivity contribution in [1.82, 2.24) is 5.32 Å². The maximum atomic E-state index is 11.0. The summed E-state index contributed by atoms with van der Waals surface area (Å²) in [6.45, 7) is 2.46. The normalized spacial score (nSPS) is 12.6. The number of amides is 1. The third-order valence-corrected chi connectivity index (χ3v) is 1.71. The first-order chi connectivity index (χ1) is 5.74. The molecule has 0 aromatic rings. The van der Waals surface area contributed by atoms with E-state index in [-0.39, 0.29) is 18.6 Å². The van der Waals surface area contributed by atoms with Crippen LogP contribution in [0.15, 0.2) is 0 Å². The number of carbonyl (C=O) groups is 1. The Morgan fingerprint density at radius 1 is 1.67 bits per heavy atom. The van der Waals surface area contributed by atoms with Gasteiger partial charge in [-0.25, -0.2) is 0 Å². The van der Waals surface area contributed by atoms with Gasteiger partial charge in [0.05, 0.1) is 0 Å². The van der Waals surface area contributed by atoms with E-state index in [9.17, 15) is 4.79 Å². The molecule has 0 aliphatic heterocycles. The van der Waals surface area contributed by atoms with Crippen molar-refractivity contribution in [2.24, 2.45) is 5.73 Å². The maximum absolute atomic E-state index is 11.0. The third-order valence-electron chi connectivity index (χ3n) is 1.71. The molecule has 0 fully saturated rings. The molecule has 0 saturated heterocycles. The minimum atomic E-state index is -0.0298. The Hall–Kier alpha value is -0.610. The van der Waals surface area contributed by atoms with Crippen molar-refractivity contribution in [2.75, 3.05) is 13.2 Å². The van der Waals surface area contributed by atoms with Gasteiger partial charge in [0.25, 0.3) is 0 Å². The van der Waals surface area contributed by atoms with E-state index in [2.05, 4.69) is 5.32 Å². The summed E-state index contributed by atoms with van der Waals surface area (Å²) in [7, 11) is 0. The highest BCUT2D eigenvalue weighted by atomic mass is 16.3. The van der Waals surface area contributed by atoms with E-state index in [1.165, 1.54) is 0 Å². The smallest absolute Gasteiger partial charge is 0.221 e. The fourth-order valence-corrected chi connectivity index (χ4v) is 0.965. The van der Waals surface area contributed by atoms with Crippen LogP contribution in [-0.2, 0) is 4.79 Å². The molecular formula is C8H18N2O2. The molecule has 1 unspecified atom stereocenters. The van der Waals surface area contributed by atoms with Gasteiger partial charge in [-0.15, -0.1) is 0 Å². The van der Waals surface area contributed by atoms with E-state index < -0.39 is 0 Å². The van der Waals surface area contributed by atoms with Crippen LogP contribution in [0.25, 0.3) is 0 Å². The Morgan fingerprint density at radius 2 is 2.33 bits per heavy atom. The zero-order valence-corrected chi connectivity index (χ0v) is 7.55. The monoisotopic (exact) mass is 174 g/mol. The van der Waals surface area contributed by atoms with Gasteiger partial charge >= 0.3 is 0 Å².